The molecule has 1 aromatic carbocycles. The zero-order chi connectivity index (χ0) is 15.3. The van der Waals surface area contributed by atoms with E-state index in [9.17, 15) is 14.0 Å². The summed E-state index contributed by atoms with van der Waals surface area (Å²) in [7, 11) is 0. The van der Waals surface area contributed by atoms with Crippen molar-refractivity contribution in [3.63, 3.8) is 0 Å². The number of hydrogen-bond donors (Lipinski definition) is 2. The average Bonchev–Trinajstić information content (AvgIpc) is 2.37. The van der Waals surface area contributed by atoms with E-state index < -0.39 is 5.82 Å². The topological polar surface area (TPSA) is 49.4 Å². The summed E-state index contributed by atoms with van der Waals surface area (Å²) in [6.07, 6.45) is 0. The molecule has 2 amide bonds. The first kappa shape index (κ1) is 16.5. The Morgan fingerprint density at radius 1 is 1.40 bits per heavy atom. The zero-order valence-electron chi connectivity index (χ0n) is 11.8. The number of amides is 2. The maximum Gasteiger partial charge on any atom is 0.254 e. The van der Waals surface area contributed by atoms with Crippen LogP contribution < -0.4 is 5.32 Å². The first-order valence-corrected chi connectivity index (χ1v) is 6.87. The molecule has 0 aliphatic carbocycles. The zero-order valence-corrected chi connectivity index (χ0v) is 12.7. The Balaban J connectivity index is 2.81. The maximum absolute atomic E-state index is 13.1. The lowest BCUT2D eigenvalue weighted by Gasteiger charge is -2.21. The molecule has 1 aromatic rings. The van der Waals surface area contributed by atoms with Crippen LogP contribution in [0.5, 0.6) is 0 Å². The third-order valence-corrected chi connectivity index (χ3v) is 2.99. The minimum Gasteiger partial charge on any atom is -0.352 e. The molecule has 0 aromatic heterocycles. The van der Waals surface area contributed by atoms with Gasteiger partial charge in [-0.15, -0.1) is 12.6 Å². The van der Waals surface area contributed by atoms with Crippen molar-refractivity contribution in [3.8, 4) is 0 Å². The van der Waals surface area contributed by atoms with Crippen molar-refractivity contribution in [1.82, 2.24) is 10.2 Å². The highest BCUT2D eigenvalue weighted by Crippen LogP contribution is 2.15. The van der Waals surface area contributed by atoms with Crippen LogP contribution in [0.3, 0.4) is 0 Å². The molecule has 0 bridgehead atoms. The molecule has 4 nitrogen and oxygen atoms in total. The first-order valence-electron chi connectivity index (χ1n) is 6.42. The van der Waals surface area contributed by atoms with Gasteiger partial charge in [-0.25, -0.2) is 4.39 Å². The van der Waals surface area contributed by atoms with Gasteiger partial charge in [0.15, 0.2) is 0 Å². The second-order valence-corrected chi connectivity index (χ2v) is 5.19. The molecular weight excluding hydrogens is 279 g/mol. The van der Waals surface area contributed by atoms with Crippen molar-refractivity contribution < 1.29 is 14.0 Å². The van der Waals surface area contributed by atoms with Crippen molar-refractivity contribution in [2.45, 2.75) is 31.7 Å². The van der Waals surface area contributed by atoms with Crippen LogP contribution in [0.1, 0.15) is 31.1 Å². The highest BCUT2D eigenvalue weighted by Gasteiger charge is 2.18. The van der Waals surface area contributed by atoms with Crippen LogP contribution in [0.4, 0.5) is 4.39 Å². The van der Waals surface area contributed by atoms with Crippen molar-refractivity contribution >= 4 is 24.4 Å². The van der Waals surface area contributed by atoms with Gasteiger partial charge in [-0.2, -0.15) is 0 Å². The first-order chi connectivity index (χ1) is 9.35. The summed E-state index contributed by atoms with van der Waals surface area (Å²) < 4.78 is 13.1. The molecule has 0 atom stereocenters. The van der Waals surface area contributed by atoms with E-state index in [0.717, 1.165) is 0 Å². The lowest BCUT2D eigenvalue weighted by atomic mass is 10.2. The fourth-order valence-corrected chi connectivity index (χ4v) is 1.91. The quantitative estimate of drug-likeness (QED) is 0.818. The summed E-state index contributed by atoms with van der Waals surface area (Å²) in [4.78, 5) is 25.5. The van der Waals surface area contributed by atoms with Crippen LogP contribution in [-0.2, 0) is 4.79 Å². The van der Waals surface area contributed by atoms with Gasteiger partial charge in [-0.1, -0.05) is 0 Å². The predicted molar refractivity (Wildman–Crippen MR) is 78.5 cm³/mol. The molecule has 1 N–H and O–H groups in total. The molecule has 0 saturated carbocycles. The molecule has 0 fully saturated rings. The van der Waals surface area contributed by atoms with E-state index in [1.807, 2.05) is 13.8 Å². The second kappa shape index (κ2) is 7.28. The van der Waals surface area contributed by atoms with E-state index in [4.69, 9.17) is 0 Å². The highest BCUT2D eigenvalue weighted by molar-refractivity contribution is 7.80. The second-order valence-electron chi connectivity index (χ2n) is 4.71. The molecule has 0 radical (unpaired) electrons. The van der Waals surface area contributed by atoms with E-state index in [1.165, 1.54) is 23.1 Å². The smallest absolute Gasteiger partial charge is 0.254 e. The van der Waals surface area contributed by atoms with Gasteiger partial charge < -0.3 is 10.2 Å². The van der Waals surface area contributed by atoms with Gasteiger partial charge in [0.1, 0.15) is 5.82 Å². The summed E-state index contributed by atoms with van der Waals surface area (Å²) in [6, 6.07) is 3.97. The van der Waals surface area contributed by atoms with Crippen molar-refractivity contribution in [1.29, 1.82) is 0 Å². The SMILES string of the molecule is CCN(CC(=O)NC(C)C)C(=O)c1ccc(F)c(S)c1. The van der Waals surface area contributed by atoms with Crippen LogP contribution in [0.15, 0.2) is 23.1 Å². The van der Waals surface area contributed by atoms with Crippen LogP contribution in [0.2, 0.25) is 0 Å². The van der Waals surface area contributed by atoms with Gasteiger partial charge in [-0.3, -0.25) is 9.59 Å². The van der Waals surface area contributed by atoms with E-state index in [-0.39, 0.29) is 29.3 Å². The Morgan fingerprint density at radius 2 is 2.05 bits per heavy atom. The number of carbonyl (C=O) groups excluding carboxylic acids is 2. The van der Waals surface area contributed by atoms with E-state index in [2.05, 4.69) is 17.9 Å². The molecular formula is C14H19FN2O2S. The Morgan fingerprint density at radius 3 is 2.55 bits per heavy atom. The summed E-state index contributed by atoms with van der Waals surface area (Å²) in [5.74, 6) is -1.02. The average molecular weight is 298 g/mol. The maximum atomic E-state index is 13.1. The number of hydrogen-bond acceptors (Lipinski definition) is 3. The minimum absolute atomic E-state index is 0.0196. The number of carbonyl (C=O) groups is 2. The lowest BCUT2D eigenvalue weighted by Crippen LogP contribution is -2.42. The Hall–Kier alpha value is -1.56. The fourth-order valence-electron chi connectivity index (χ4n) is 1.70. The molecule has 110 valence electrons. The van der Waals surface area contributed by atoms with Gasteiger partial charge >= 0.3 is 0 Å². The Bertz CT molecular complexity index is 506. The Kier molecular flexibility index (Phi) is 6.01. The Labute approximate surface area is 123 Å². The van der Waals surface area contributed by atoms with Gasteiger partial charge in [0.05, 0.1) is 6.54 Å². The van der Waals surface area contributed by atoms with Crippen LogP contribution in [0, 0.1) is 5.82 Å². The van der Waals surface area contributed by atoms with Crippen LogP contribution >= 0.6 is 12.6 Å². The third-order valence-electron chi connectivity index (χ3n) is 2.65. The normalized spacial score (nSPS) is 10.5. The summed E-state index contributed by atoms with van der Waals surface area (Å²) in [6.45, 7) is 5.86. The molecule has 1 rings (SSSR count). The number of benzene rings is 1. The largest absolute Gasteiger partial charge is 0.352 e. The standard InChI is InChI=1S/C14H19FN2O2S/c1-4-17(8-13(18)16-9(2)3)14(19)10-5-6-11(15)12(20)7-10/h5-7,9,20H,4,8H2,1-3H3,(H,16,18). The van der Waals surface area contributed by atoms with E-state index in [1.54, 1.807) is 6.92 Å². The molecule has 20 heavy (non-hydrogen) atoms. The van der Waals surface area contributed by atoms with Gasteiger partial charge in [-0.05, 0) is 39.0 Å². The molecule has 0 saturated heterocycles. The van der Waals surface area contributed by atoms with Crippen molar-refractivity contribution in [2.24, 2.45) is 0 Å². The van der Waals surface area contributed by atoms with Crippen molar-refractivity contribution in [3.05, 3.63) is 29.6 Å². The number of halogens is 1. The number of nitrogens with one attached hydrogen (secondary N) is 1. The fraction of sp³-hybridized carbons (Fsp3) is 0.429. The van der Waals surface area contributed by atoms with Gasteiger partial charge in [0.2, 0.25) is 5.91 Å². The number of likely N-dealkylation sites (N-methyl/N-ethyl adjacent to an activating group) is 1. The van der Waals surface area contributed by atoms with E-state index >= 15 is 0 Å². The van der Waals surface area contributed by atoms with Gasteiger partial charge in [0.25, 0.3) is 5.91 Å². The van der Waals surface area contributed by atoms with Crippen LogP contribution in [-0.4, -0.2) is 35.8 Å². The lowest BCUT2D eigenvalue weighted by molar-refractivity contribution is -0.122. The number of thiol groups is 1. The predicted octanol–water partition coefficient (Wildman–Crippen LogP) is 2.10. The number of rotatable bonds is 5. The molecule has 0 spiro atoms. The minimum atomic E-state index is -0.481. The molecule has 0 aliphatic heterocycles. The summed E-state index contributed by atoms with van der Waals surface area (Å²) in [5.41, 5.74) is 0.315. The summed E-state index contributed by atoms with van der Waals surface area (Å²) >= 11 is 3.95. The van der Waals surface area contributed by atoms with Crippen LogP contribution in [0.25, 0.3) is 0 Å². The summed E-state index contributed by atoms with van der Waals surface area (Å²) in [5, 5.41) is 2.73. The number of nitrogens with zero attached hydrogens (tertiary/aromatic N) is 1. The molecule has 0 unspecified atom stereocenters. The van der Waals surface area contributed by atoms with E-state index in [0.29, 0.717) is 12.1 Å². The third kappa shape index (κ3) is 4.52. The van der Waals surface area contributed by atoms with Gasteiger partial charge in [0, 0.05) is 23.0 Å². The molecule has 0 aliphatic rings. The highest BCUT2D eigenvalue weighted by atomic mass is 32.1. The molecule has 6 heteroatoms. The monoisotopic (exact) mass is 298 g/mol. The van der Waals surface area contributed by atoms with Crippen molar-refractivity contribution in [2.75, 3.05) is 13.1 Å². The molecule has 0 heterocycles.